The average molecular weight is 500 g/mol. The van der Waals surface area contributed by atoms with E-state index in [-0.39, 0.29) is 36.2 Å². The third-order valence-electron chi connectivity index (χ3n) is 3.67. The first kappa shape index (κ1) is 23.5. The van der Waals surface area contributed by atoms with Crippen LogP contribution in [0.3, 0.4) is 0 Å². The Morgan fingerprint density at radius 2 is 1.93 bits per heavy atom. The number of nitro groups is 1. The molecular formula is C19H25IN4O4. The van der Waals surface area contributed by atoms with Crippen LogP contribution in [0.15, 0.2) is 47.5 Å². The number of halogens is 1. The van der Waals surface area contributed by atoms with E-state index in [1.165, 1.54) is 6.07 Å². The van der Waals surface area contributed by atoms with Gasteiger partial charge in [0, 0.05) is 24.4 Å². The number of hydrogen-bond donors (Lipinski definition) is 2. The standard InChI is InChI=1S/C19H24N4O4.HI/c1-4-20-19(21-13-14-8-6-7-9-16(14)23(24)25)22-15-10-11-17(26-3)18(12-15)27-5-2;/h6-12H,4-5,13H2,1-3H3,(H2,20,21,22);1H. The highest BCUT2D eigenvalue weighted by atomic mass is 127. The molecule has 8 nitrogen and oxygen atoms in total. The van der Waals surface area contributed by atoms with E-state index in [0.717, 1.165) is 5.69 Å². The van der Waals surface area contributed by atoms with Crippen LogP contribution in [0.2, 0.25) is 0 Å². The first-order chi connectivity index (χ1) is 13.1. The fourth-order valence-electron chi connectivity index (χ4n) is 2.45. The van der Waals surface area contributed by atoms with Crippen LogP contribution in [0.5, 0.6) is 11.5 Å². The molecule has 0 spiro atoms. The van der Waals surface area contributed by atoms with E-state index in [4.69, 9.17) is 9.47 Å². The Bertz CT molecular complexity index is 814. The van der Waals surface area contributed by atoms with Crippen molar-refractivity contribution in [2.24, 2.45) is 4.99 Å². The Labute approximate surface area is 181 Å². The first-order valence-corrected chi connectivity index (χ1v) is 8.67. The third kappa shape index (κ3) is 6.55. The summed E-state index contributed by atoms with van der Waals surface area (Å²) in [5, 5.41) is 17.5. The van der Waals surface area contributed by atoms with Gasteiger partial charge in [0.1, 0.15) is 0 Å². The van der Waals surface area contributed by atoms with E-state index in [0.29, 0.717) is 36.2 Å². The Morgan fingerprint density at radius 1 is 1.18 bits per heavy atom. The van der Waals surface area contributed by atoms with Crippen molar-refractivity contribution in [1.82, 2.24) is 5.32 Å². The Kier molecular flexibility index (Phi) is 10.1. The highest BCUT2D eigenvalue weighted by molar-refractivity contribution is 14.0. The van der Waals surface area contributed by atoms with Gasteiger partial charge in [-0.25, -0.2) is 4.99 Å². The summed E-state index contributed by atoms with van der Waals surface area (Å²) in [6.07, 6.45) is 0. The van der Waals surface area contributed by atoms with Gasteiger partial charge >= 0.3 is 0 Å². The summed E-state index contributed by atoms with van der Waals surface area (Å²) in [4.78, 5) is 15.2. The predicted molar refractivity (Wildman–Crippen MR) is 121 cm³/mol. The molecule has 2 rings (SSSR count). The highest BCUT2D eigenvalue weighted by Gasteiger charge is 2.12. The van der Waals surface area contributed by atoms with Crippen LogP contribution >= 0.6 is 24.0 Å². The third-order valence-corrected chi connectivity index (χ3v) is 3.67. The molecule has 9 heteroatoms. The lowest BCUT2D eigenvalue weighted by Gasteiger charge is -2.14. The summed E-state index contributed by atoms with van der Waals surface area (Å²) < 4.78 is 10.9. The van der Waals surface area contributed by atoms with Gasteiger partial charge in [-0.1, -0.05) is 18.2 Å². The summed E-state index contributed by atoms with van der Waals surface area (Å²) in [6.45, 7) is 5.20. The van der Waals surface area contributed by atoms with E-state index in [2.05, 4.69) is 15.6 Å². The molecule has 0 saturated carbocycles. The molecule has 152 valence electrons. The van der Waals surface area contributed by atoms with Gasteiger partial charge in [0.25, 0.3) is 5.69 Å². The molecule has 0 fully saturated rings. The summed E-state index contributed by atoms with van der Waals surface area (Å²) >= 11 is 0. The first-order valence-electron chi connectivity index (χ1n) is 8.67. The normalized spacial score (nSPS) is 10.6. The second-order valence-electron chi connectivity index (χ2n) is 5.50. The molecule has 0 aliphatic heterocycles. The molecule has 0 atom stereocenters. The van der Waals surface area contributed by atoms with Crippen molar-refractivity contribution in [2.75, 3.05) is 25.6 Å². The summed E-state index contributed by atoms with van der Waals surface area (Å²) in [5.41, 5.74) is 1.37. The molecule has 2 aromatic carbocycles. The van der Waals surface area contributed by atoms with Gasteiger partial charge in [-0.2, -0.15) is 0 Å². The Hall–Kier alpha value is -2.56. The zero-order chi connectivity index (χ0) is 19.6. The van der Waals surface area contributed by atoms with Gasteiger partial charge < -0.3 is 20.1 Å². The maximum atomic E-state index is 11.1. The molecule has 0 radical (unpaired) electrons. The van der Waals surface area contributed by atoms with E-state index >= 15 is 0 Å². The van der Waals surface area contributed by atoms with Crippen molar-refractivity contribution in [2.45, 2.75) is 20.4 Å². The number of ether oxygens (including phenoxy) is 2. The molecule has 2 N–H and O–H groups in total. The molecule has 0 aliphatic carbocycles. The molecule has 0 unspecified atom stereocenters. The highest BCUT2D eigenvalue weighted by Crippen LogP contribution is 2.30. The van der Waals surface area contributed by atoms with E-state index in [9.17, 15) is 10.1 Å². The fourth-order valence-corrected chi connectivity index (χ4v) is 2.45. The number of aliphatic imine (C=N–C) groups is 1. The number of nitrogens with zero attached hydrogens (tertiary/aromatic N) is 2. The Balaban J connectivity index is 0.00000392. The average Bonchev–Trinajstić information content (AvgIpc) is 2.67. The minimum absolute atomic E-state index is 0. The molecule has 0 saturated heterocycles. The van der Waals surface area contributed by atoms with Gasteiger partial charge in [0.05, 0.1) is 30.7 Å². The second-order valence-corrected chi connectivity index (χ2v) is 5.50. The Morgan fingerprint density at radius 3 is 2.57 bits per heavy atom. The van der Waals surface area contributed by atoms with Gasteiger partial charge in [0.2, 0.25) is 0 Å². The lowest BCUT2D eigenvalue weighted by molar-refractivity contribution is -0.385. The SMILES string of the molecule is CCNC(=NCc1ccccc1[N+](=O)[O-])Nc1ccc(OC)c(OCC)c1.I. The quantitative estimate of drug-likeness (QED) is 0.186. The molecular weight excluding hydrogens is 475 g/mol. The van der Waals surface area contributed by atoms with E-state index in [1.54, 1.807) is 31.4 Å². The number of benzene rings is 2. The second kappa shape index (κ2) is 12.0. The van der Waals surface area contributed by atoms with Gasteiger partial charge in [-0.05, 0) is 26.0 Å². The van der Waals surface area contributed by atoms with Crippen LogP contribution in [0.4, 0.5) is 11.4 Å². The summed E-state index contributed by atoms with van der Waals surface area (Å²) in [5.74, 6) is 1.78. The van der Waals surface area contributed by atoms with Crippen LogP contribution in [-0.4, -0.2) is 31.1 Å². The van der Waals surface area contributed by atoms with Gasteiger partial charge in [0.15, 0.2) is 17.5 Å². The predicted octanol–water partition coefficient (Wildman–Crippen LogP) is 4.20. The van der Waals surface area contributed by atoms with Crippen LogP contribution in [0.1, 0.15) is 19.4 Å². The number of para-hydroxylation sites is 1. The lowest BCUT2D eigenvalue weighted by Crippen LogP contribution is -2.30. The summed E-state index contributed by atoms with van der Waals surface area (Å²) in [6, 6.07) is 12.0. The zero-order valence-corrected chi connectivity index (χ0v) is 18.4. The molecule has 0 bridgehead atoms. The van der Waals surface area contributed by atoms with Crippen molar-refractivity contribution in [3.05, 3.63) is 58.1 Å². The number of rotatable bonds is 8. The molecule has 0 aliphatic rings. The fraction of sp³-hybridized carbons (Fsp3) is 0.316. The van der Waals surface area contributed by atoms with Gasteiger partial charge in [-0.3, -0.25) is 10.1 Å². The molecule has 0 aromatic heterocycles. The number of methoxy groups -OCH3 is 1. The van der Waals surface area contributed by atoms with E-state index < -0.39 is 4.92 Å². The number of guanidine groups is 1. The molecule has 0 amide bonds. The van der Waals surface area contributed by atoms with Crippen molar-refractivity contribution in [3.8, 4) is 11.5 Å². The van der Waals surface area contributed by atoms with E-state index in [1.807, 2.05) is 26.0 Å². The number of nitro benzene ring substituents is 1. The smallest absolute Gasteiger partial charge is 0.274 e. The largest absolute Gasteiger partial charge is 0.493 e. The van der Waals surface area contributed by atoms with Gasteiger partial charge in [-0.15, -0.1) is 24.0 Å². The minimum Gasteiger partial charge on any atom is -0.493 e. The molecule has 28 heavy (non-hydrogen) atoms. The number of nitrogens with one attached hydrogen (secondary N) is 2. The van der Waals surface area contributed by atoms with Crippen LogP contribution < -0.4 is 20.1 Å². The van der Waals surface area contributed by atoms with Crippen molar-refractivity contribution < 1.29 is 14.4 Å². The van der Waals surface area contributed by atoms with Crippen LogP contribution in [0.25, 0.3) is 0 Å². The topological polar surface area (TPSA) is 98.0 Å². The monoisotopic (exact) mass is 500 g/mol. The maximum Gasteiger partial charge on any atom is 0.274 e. The zero-order valence-electron chi connectivity index (χ0n) is 16.1. The maximum absolute atomic E-state index is 11.1. The van der Waals surface area contributed by atoms with Crippen LogP contribution in [-0.2, 0) is 6.54 Å². The van der Waals surface area contributed by atoms with Crippen molar-refractivity contribution in [3.63, 3.8) is 0 Å². The van der Waals surface area contributed by atoms with Crippen LogP contribution in [0, 0.1) is 10.1 Å². The minimum atomic E-state index is -0.400. The molecule has 0 heterocycles. The van der Waals surface area contributed by atoms with Crippen molar-refractivity contribution in [1.29, 1.82) is 0 Å². The van der Waals surface area contributed by atoms with Crippen molar-refractivity contribution >= 4 is 41.3 Å². The number of anilines is 1. The number of hydrogen-bond acceptors (Lipinski definition) is 5. The lowest BCUT2D eigenvalue weighted by atomic mass is 10.2. The molecule has 2 aromatic rings. The summed E-state index contributed by atoms with van der Waals surface area (Å²) in [7, 11) is 1.59.